The molecule has 4 unspecified atom stereocenters. The third-order valence-electron chi connectivity index (χ3n) is 2.54. The molecule has 1 saturated heterocycles. The van der Waals surface area contributed by atoms with Crippen LogP contribution in [0, 0.1) is 5.92 Å². The van der Waals surface area contributed by atoms with E-state index in [0.717, 1.165) is 0 Å². The van der Waals surface area contributed by atoms with Gasteiger partial charge in [0.05, 0.1) is 12.5 Å². The van der Waals surface area contributed by atoms with Crippen molar-refractivity contribution in [2.45, 2.75) is 16.7 Å². The average Bonchev–Trinajstić information content (AvgIpc) is 2.55. The molecule has 1 heterocycles. The normalized spacial score (nSPS) is 37.5. The Balaban J connectivity index is 2.07. The van der Waals surface area contributed by atoms with Crippen LogP contribution in [0.2, 0.25) is 0 Å². The van der Waals surface area contributed by atoms with Crippen molar-refractivity contribution in [3.8, 4) is 0 Å². The van der Waals surface area contributed by atoms with Gasteiger partial charge in [-0.2, -0.15) is 0 Å². The van der Waals surface area contributed by atoms with E-state index in [1.54, 1.807) is 11.8 Å². The van der Waals surface area contributed by atoms with E-state index < -0.39 is 6.16 Å². The van der Waals surface area contributed by atoms with E-state index in [2.05, 4.69) is 10.8 Å². The summed E-state index contributed by atoms with van der Waals surface area (Å²) in [7, 11) is 1.30. The number of thioether (sulfide) groups is 1. The van der Waals surface area contributed by atoms with Gasteiger partial charge >= 0.3 is 6.16 Å². The minimum atomic E-state index is -0.667. The summed E-state index contributed by atoms with van der Waals surface area (Å²) in [6, 6.07) is 0. The standard InChI is InChI=1S/C10H13NO3S/c1-13-10(12)14-8-6-4-2-3-5-7(6)15-9(8)11/h2-9H,11H2,1H3. The van der Waals surface area contributed by atoms with Crippen LogP contribution in [0.5, 0.6) is 0 Å². The van der Waals surface area contributed by atoms with Gasteiger partial charge in [0.1, 0.15) is 6.10 Å². The molecule has 0 radical (unpaired) electrons. The summed E-state index contributed by atoms with van der Waals surface area (Å²) in [4.78, 5) is 11.0. The molecular formula is C10H13NO3S. The molecular weight excluding hydrogens is 214 g/mol. The largest absolute Gasteiger partial charge is 0.508 e. The van der Waals surface area contributed by atoms with Gasteiger partial charge in [-0.25, -0.2) is 4.79 Å². The molecule has 2 aliphatic rings. The molecule has 0 aromatic heterocycles. The number of hydrogen-bond acceptors (Lipinski definition) is 5. The first kappa shape index (κ1) is 10.6. The van der Waals surface area contributed by atoms with Gasteiger partial charge in [0.15, 0.2) is 0 Å². The number of allylic oxidation sites excluding steroid dienone is 2. The van der Waals surface area contributed by atoms with Crippen molar-refractivity contribution in [3.05, 3.63) is 24.3 Å². The molecule has 1 fully saturated rings. The van der Waals surface area contributed by atoms with Crippen molar-refractivity contribution < 1.29 is 14.3 Å². The highest BCUT2D eigenvalue weighted by Crippen LogP contribution is 2.41. The number of rotatable bonds is 1. The molecule has 0 saturated carbocycles. The van der Waals surface area contributed by atoms with Crippen molar-refractivity contribution in [1.82, 2.24) is 0 Å². The number of methoxy groups -OCH3 is 1. The fourth-order valence-corrected chi connectivity index (χ4v) is 3.18. The Kier molecular flexibility index (Phi) is 3.02. The Labute approximate surface area is 92.5 Å². The van der Waals surface area contributed by atoms with E-state index in [1.165, 1.54) is 7.11 Å². The fraction of sp³-hybridized carbons (Fsp3) is 0.500. The van der Waals surface area contributed by atoms with Crippen LogP contribution in [0.3, 0.4) is 0 Å². The predicted octanol–water partition coefficient (Wildman–Crippen LogP) is 1.28. The molecule has 5 heteroatoms. The Hall–Kier alpha value is -0.940. The van der Waals surface area contributed by atoms with Crippen LogP contribution in [0.25, 0.3) is 0 Å². The molecule has 0 spiro atoms. The molecule has 0 amide bonds. The third kappa shape index (κ3) is 2.03. The van der Waals surface area contributed by atoms with Crippen LogP contribution in [0.1, 0.15) is 0 Å². The summed E-state index contributed by atoms with van der Waals surface area (Å²) >= 11 is 1.62. The Bertz CT molecular complexity index is 316. The van der Waals surface area contributed by atoms with Gasteiger partial charge < -0.3 is 15.2 Å². The first-order valence-corrected chi connectivity index (χ1v) is 5.67. The van der Waals surface area contributed by atoms with Crippen LogP contribution in [-0.2, 0) is 9.47 Å². The maximum atomic E-state index is 11.0. The Morgan fingerprint density at radius 3 is 2.87 bits per heavy atom. The predicted molar refractivity (Wildman–Crippen MR) is 58.4 cm³/mol. The maximum Gasteiger partial charge on any atom is 0.508 e. The summed E-state index contributed by atoms with van der Waals surface area (Å²) in [5.74, 6) is 0.161. The molecule has 4 atom stereocenters. The molecule has 15 heavy (non-hydrogen) atoms. The van der Waals surface area contributed by atoms with E-state index in [4.69, 9.17) is 10.5 Å². The average molecular weight is 227 g/mol. The van der Waals surface area contributed by atoms with Gasteiger partial charge in [-0.05, 0) is 0 Å². The van der Waals surface area contributed by atoms with E-state index in [9.17, 15) is 4.79 Å². The van der Waals surface area contributed by atoms with Gasteiger partial charge in [0, 0.05) is 11.2 Å². The third-order valence-corrected chi connectivity index (χ3v) is 3.91. The van der Waals surface area contributed by atoms with Crippen LogP contribution in [-0.4, -0.2) is 30.0 Å². The van der Waals surface area contributed by atoms with E-state index in [-0.39, 0.29) is 17.4 Å². The van der Waals surface area contributed by atoms with Gasteiger partial charge in [-0.3, -0.25) is 0 Å². The van der Waals surface area contributed by atoms with Crippen molar-refractivity contribution in [1.29, 1.82) is 0 Å². The summed E-state index contributed by atoms with van der Waals surface area (Å²) in [5.41, 5.74) is 5.90. The van der Waals surface area contributed by atoms with E-state index >= 15 is 0 Å². The lowest BCUT2D eigenvalue weighted by Crippen LogP contribution is -2.36. The van der Waals surface area contributed by atoms with Gasteiger partial charge in [-0.15, -0.1) is 11.8 Å². The summed E-state index contributed by atoms with van der Waals surface area (Å²) < 4.78 is 9.62. The van der Waals surface area contributed by atoms with Crippen molar-refractivity contribution >= 4 is 17.9 Å². The van der Waals surface area contributed by atoms with Crippen molar-refractivity contribution in [2.75, 3.05) is 7.11 Å². The van der Waals surface area contributed by atoms with Crippen LogP contribution >= 0.6 is 11.8 Å². The van der Waals surface area contributed by atoms with Crippen LogP contribution < -0.4 is 5.73 Å². The summed E-state index contributed by atoms with van der Waals surface area (Å²) in [5, 5.41) is 0.117. The van der Waals surface area contributed by atoms with Crippen LogP contribution in [0.15, 0.2) is 24.3 Å². The number of nitrogens with two attached hydrogens (primary N) is 1. The number of hydrogen-bond donors (Lipinski definition) is 1. The number of ether oxygens (including phenoxy) is 2. The number of carbonyl (C=O) groups excluding carboxylic acids is 1. The number of carbonyl (C=O) groups is 1. The molecule has 1 aliphatic carbocycles. The highest BCUT2D eigenvalue weighted by Gasteiger charge is 2.43. The molecule has 2 rings (SSSR count). The van der Waals surface area contributed by atoms with Crippen molar-refractivity contribution in [2.24, 2.45) is 11.7 Å². The lowest BCUT2D eigenvalue weighted by molar-refractivity contribution is 0.0257. The number of fused-ring (bicyclic) bond motifs is 1. The Morgan fingerprint density at radius 1 is 1.40 bits per heavy atom. The fourth-order valence-electron chi connectivity index (χ4n) is 1.82. The lowest BCUT2D eigenvalue weighted by Gasteiger charge is -2.21. The summed E-state index contributed by atoms with van der Waals surface area (Å²) in [6.07, 6.45) is 7.08. The molecule has 1 aliphatic heterocycles. The highest BCUT2D eigenvalue weighted by molar-refractivity contribution is 8.01. The zero-order valence-electron chi connectivity index (χ0n) is 8.33. The maximum absolute atomic E-state index is 11.0. The molecule has 0 bridgehead atoms. The van der Waals surface area contributed by atoms with Gasteiger partial charge in [-0.1, -0.05) is 24.3 Å². The second-order valence-corrected chi connectivity index (χ2v) is 4.81. The van der Waals surface area contributed by atoms with Crippen LogP contribution in [0.4, 0.5) is 4.79 Å². The summed E-state index contributed by atoms with van der Waals surface area (Å²) in [6.45, 7) is 0. The zero-order chi connectivity index (χ0) is 10.8. The van der Waals surface area contributed by atoms with Crippen molar-refractivity contribution in [3.63, 3.8) is 0 Å². The van der Waals surface area contributed by atoms with Gasteiger partial charge in [0.2, 0.25) is 0 Å². The van der Waals surface area contributed by atoms with E-state index in [1.807, 2.05) is 18.2 Å². The Morgan fingerprint density at radius 2 is 2.13 bits per heavy atom. The first-order chi connectivity index (χ1) is 7.22. The molecule has 0 aromatic rings. The smallest absolute Gasteiger partial charge is 0.438 e. The second kappa shape index (κ2) is 4.28. The van der Waals surface area contributed by atoms with Gasteiger partial charge in [0.25, 0.3) is 0 Å². The first-order valence-electron chi connectivity index (χ1n) is 4.73. The zero-order valence-corrected chi connectivity index (χ0v) is 9.15. The molecule has 2 N–H and O–H groups in total. The topological polar surface area (TPSA) is 61.5 Å². The monoisotopic (exact) mass is 227 g/mol. The quantitative estimate of drug-likeness (QED) is 0.684. The second-order valence-electron chi connectivity index (χ2n) is 3.45. The minimum Gasteiger partial charge on any atom is -0.438 e. The van der Waals surface area contributed by atoms with E-state index in [0.29, 0.717) is 5.25 Å². The molecule has 0 aromatic carbocycles. The lowest BCUT2D eigenvalue weighted by atomic mass is 9.95. The highest BCUT2D eigenvalue weighted by atomic mass is 32.2. The molecule has 82 valence electrons. The SMILES string of the molecule is COC(=O)OC1C(N)SC2C=CC=CC21. The molecule has 4 nitrogen and oxygen atoms in total. The minimum absolute atomic E-state index is 0.161.